The van der Waals surface area contributed by atoms with E-state index in [-0.39, 0.29) is 46.3 Å². The fourth-order valence-corrected chi connectivity index (χ4v) is 7.03. The summed E-state index contributed by atoms with van der Waals surface area (Å²) >= 11 is 0. The zero-order chi connectivity index (χ0) is 30.4. The lowest BCUT2D eigenvalue weighted by Gasteiger charge is -2.30. The highest BCUT2D eigenvalue weighted by Gasteiger charge is 2.49. The van der Waals surface area contributed by atoms with Crippen molar-refractivity contribution in [3.8, 4) is 23.1 Å². The molecular weight excluding hydrogens is 572 g/mol. The summed E-state index contributed by atoms with van der Waals surface area (Å²) in [6, 6.07) is 7.44. The molecule has 0 amide bonds. The van der Waals surface area contributed by atoms with Crippen LogP contribution in [0, 0.1) is 12.7 Å². The number of hydrogen-bond acceptors (Lipinski definition) is 10. The van der Waals surface area contributed by atoms with Gasteiger partial charge in [0.15, 0.2) is 0 Å². The van der Waals surface area contributed by atoms with E-state index in [2.05, 4.69) is 25.1 Å². The maximum absolute atomic E-state index is 15.1. The number of anilines is 1. The quantitative estimate of drug-likeness (QED) is 0.301. The minimum absolute atomic E-state index is 0.0569. The minimum atomic E-state index is -0.902. The molecule has 2 aromatic heterocycles. The molecule has 0 bridgehead atoms. The van der Waals surface area contributed by atoms with E-state index in [9.17, 15) is 14.3 Å². The first-order valence-corrected chi connectivity index (χ1v) is 15.1. The topological polar surface area (TPSA) is 113 Å². The number of benzene rings is 2. The third kappa shape index (κ3) is 5.24. The molecular formula is C32H35F2N5O5. The first-order chi connectivity index (χ1) is 21.3. The zero-order valence-electron chi connectivity index (χ0n) is 24.6. The highest BCUT2D eigenvalue weighted by molar-refractivity contribution is 6.00. The number of ether oxygens (including phenoxy) is 2. The van der Waals surface area contributed by atoms with Gasteiger partial charge in [-0.3, -0.25) is 9.80 Å². The van der Waals surface area contributed by atoms with Crippen molar-refractivity contribution >= 4 is 27.5 Å². The summed E-state index contributed by atoms with van der Waals surface area (Å²) in [7, 11) is 0. The van der Waals surface area contributed by atoms with Gasteiger partial charge < -0.3 is 24.3 Å². The Labute approximate surface area is 252 Å². The first-order valence-electron chi connectivity index (χ1n) is 15.1. The second kappa shape index (κ2) is 11.6. The molecule has 12 heteroatoms. The van der Waals surface area contributed by atoms with Crippen LogP contribution in [0.25, 0.3) is 33.0 Å². The number of aromatic nitrogens is 2. The standard InChI is InChI=1S/C32H35F2N5O5/c1-19-27-26(30(41)44-28(19)23-15-22(40)14-20-4-2-5-24(34)25(20)23)29(35-7-9-38-10-12-42-13-11-38)37-31(36-27)43-18-32-6-3-8-39(32)17-21(33)16-32/h2,4-5,14-15,21,40H,3,6-13,16-18H2,1H3,(H,35,36,37)/t21-,32+/m1/s1. The van der Waals surface area contributed by atoms with Gasteiger partial charge in [-0.25, -0.2) is 13.6 Å². The monoisotopic (exact) mass is 607 g/mol. The van der Waals surface area contributed by atoms with E-state index in [1.807, 2.05) is 0 Å². The summed E-state index contributed by atoms with van der Waals surface area (Å²) < 4.78 is 47.0. The Kier molecular flexibility index (Phi) is 7.59. The largest absolute Gasteiger partial charge is 0.508 e. The predicted octanol–water partition coefficient (Wildman–Crippen LogP) is 4.26. The Hall–Kier alpha value is -3.87. The van der Waals surface area contributed by atoms with Crippen LogP contribution in [0.3, 0.4) is 0 Å². The summed E-state index contributed by atoms with van der Waals surface area (Å²) in [5.41, 5.74) is -0.124. The number of morpholine rings is 1. The molecule has 5 heterocycles. The number of nitrogens with zero attached hydrogens (tertiary/aromatic N) is 4. The van der Waals surface area contributed by atoms with Crippen molar-refractivity contribution < 1.29 is 27.8 Å². The van der Waals surface area contributed by atoms with E-state index >= 15 is 4.39 Å². The van der Waals surface area contributed by atoms with Crippen molar-refractivity contribution in [2.24, 2.45) is 0 Å². The molecule has 0 saturated carbocycles. The van der Waals surface area contributed by atoms with Gasteiger partial charge in [0.25, 0.3) is 0 Å². The van der Waals surface area contributed by atoms with E-state index in [4.69, 9.17) is 13.9 Å². The van der Waals surface area contributed by atoms with Crippen LogP contribution < -0.4 is 15.7 Å². The van der Waals surface area contributed by atoms with Gasteiger partial charge in [-0.05, 0) is 49.9 Å². The molecule has 10 nitrogen and oxygen atoms in total. The number of nitrogens with one attached hydrogen (secondary N) is 1. The Bertz CT molecular complexity index is 1780. The normalized spacial score (nSPS) is 22.6. The van der Waals surface area contributed by atoms with E-state index in [1.54, 1.807) is 19.1 Å². The number of alkyl halides is 1. The maximum Gasteiger partial charge on any atom is 0.349 e. The molecule has 4 aromatic rings. The lowest BCUT2D eigenvalue weighted by molar-refractivity contribution is 0.0398. The molecule has 0 aliphatic carbocycles. The summed E-state index contributed by atoms with van der Waals surface area (Å²) in [6.07, 6.45) is 1.30. The van der Waals surface area contributed by atoms with Crippen LogP contribution in [-0.4, -0.2) is 95.7 Å². The molecule has 7 rings (SSSR count). The van der Waals surface area contributed by atoms with E-state index < -0.39 is 23.2 Å². The van der Waals surface area contributed by atoms with Gasteiger partial charge in [-0.2, -0.15) is 9.97 Å². The number of hydrogen-bond donors (Lipinski definition) is 2. The van der Waals surface area contributed by atoms with Gasteiger partial charge in [0, 0.05) is 55.7 Å². The summed E-state index contributed by atoms with van der Waals surface area (Å²) in [5.74, 6) is -0.251. The van der Waals surface area contributed by atoms with Gasteiger partial charge in [0.2, 0.25) is 0 Å². The van der Waals surface area contributed by atoms with Crippen LogP contribution in [0.15, 0.2) is 39.5 Å². The van der Waals surface area contributed by atoms with Gasteiger partial charge in [0.05, 0.1) is 24.3 Å². The van der Waals surface area contributed by atoms with Gasteiger partial charge >= 0.3 is 11.6 Å². The first kappa shape index (κ1) is 28.9. The van der Waals surface area contributed by atoms with Gasteiger partial charge in [-0.15, -0.1) is 0 Å². The van der Waals surface area contributed by atoms with Crippen LogP contribution in [0.2, 0.25) is 0 Å². The smallest absolute Gasteiger partial charge is 0.349 e. The van der Waals surface area contributed by atoms with Crippen LogP contribution in [0.4, 0.5) is 14.6 Å². The van der Waals surface area contributed by atoms with Gasteiger partial charge in [-0.1, -0.05) is 12.1 Å². The fourth-order valence-electron chi connectivity index (χ4n) is 7.03. The number of aromatic hydroxyl groups is 1. The fraction of sp³-hybridized carbons (Fsp3) is 0.469. The average Bonchev–Trinajstić information content (AvgIpc) is 3.53. The molecule has 2 N–H and O–H groups in total. The van der Waals surface area contributed by atoms with Crippen molar-refractivity contribution in [3.05, 3.63) is 52.1 Å². The van der Waals surface area contributed by atoms with Gasteiger partial charge in [0.1, 0.15) is 41.3 Å². The molecule has 3 aliphatic rings. The number of phenols is 1. The number of rotatable bonds is 8. The van der Waals surface area contributed by atoms with E-state index in [1.165, 1.54) is 18.2 Å². The molecule has 2 aromatic carbocycles. The number of phenolic OH excluding ortho intramolecular Hbond substituents is 1. The lowest BCUT2D eigenvalue weighted by Crippen LogP contribution is -2.43. The summed E-state index contributed by atoms with van der Waals surface area (Å²) in [4.78, 5) is 27.3. The second-order valence-corrected chi connectivity index (χ2v) is 12.0. The average molecular weight is 608 g/mol. The van der Waals surface area contributed by atoms with Crippen LogP contribution in [0.5, 0.6) is 11.8 Å². The molecule has 0 radical (unpaired) electrons. The third-order valence-electron chi connectivity index (χ3n) is 9.19. The molecule has 2 atom stereocenters. The van der Waals surface area contributed by atoms with Crippen molar-refractivity contribution in [2.75, 3.05) is 64.4 Å². The van der Waals surface area contributed by atoms with Crippen molar-refractivity contribution in [1.82, 2.24) is 19.8 Å². The Morgan fingerprint density at radius 1 is 1.18 bits per heavy atom. The van der Waals surface area contributed by atoms with Crippen LogP contribution in [0.1, 0.15) is 24.8 Å². The predicted molar refractivity (Wildman–Crippen MR) is 162 cm³/mol. The maximum atomic E-state index is 15.1. The Morgan fingerprint density at radius 3 is 2.86 bits per heavy atom. The molecule has 0 spiro atoms. The summed E-state index contributed by atoms with van der Waals surface area (Å²) in [5, 5.41) is 14.6. The SMILES string of the molecule is Cc1c(-c2cc(O)cc3cccc(F)c23)oc(=O)c2c(NCCN3CCOCC3)nc(OC[C@@]34CCCN3C[C@H](F)C4)nc12. The molecule has 3 aliphatic heterocycles. The van der Waals surface area contributed by atoms with E-state index in [0.29, 0.717) is 55.7 Å². The molecule has 44 heavy (non-hydrogen) atoms. The number of aryl methyl sites for hydroxylation is 1. The molecule has 232 valence electrons. The van der Waals surface area contributed by atoms with E-state index in [0.717, 1.165) is 32.5 Å². The van der Waals surface area contributed by atoms with Crippen LogP contribution in [-0.2, 0) is 4.74 Å². The summed E-state index contributed by atoms with van der Waals surface area (Å²) in [6.45, 7) is 7.35. The Balaban J connectivity index is 1.30. The number of halogens is 2. The van der Waals surface area contributed by atoms with Crippen molar-refractivity contribution in [1.29, 1.82) is 0 Å². The second-order valence-electron chi connectivity index (χ2n) is 12.0. The zero-order valence-corrected chi connectivity index (χ0v) is 24.6. The highest BCUT2D eigenvalue weighted by atomic mass is 19.1. The lowest BCUT2D eigenvalue weighted by atomic mass is 9.95. The van der Waals surface area contributed by atoms with Crippen LogP contribution >= 0.6 is 0 Å². The minimum Gasteiger partial charge on any atom is -0.508 e. The third-order valence-corrected chi connectivity index (χ3v) is 9.19. The Morgan fingerprint density at radius 2 is 2.02 bits per heavy atom. The van der Waals surface area contributed by atoms with Crippen molar-refractivity contribution in [2.45, 2.75) is 37.9 Å². The highest BCUT2D eigenvalue weighted by Crippen LogP contribution is 2.41. The molecule has 3 fully saturated rings. The number of fused-ring (bicyclic) bond motifs is 3. The molecule has 0 unspecified atom stereocenters. The van der Waals surface area contributed by atoms with Crippen molar-refractivity contribution in [3.63, 3.8) is 0 Å². The molecule has 3 saturated heterocycles.